The van der Waals surface area contributed by atoms with Gasteiger partial charge >= 0.3 is 6.18 Å². The highest BCUT2D eigenvalue weighted by Crippen LogP contribution is 2.54. The number of carbonyl (C=O) groups excluding carboxylic acids is 2. The minimum Gasteiger partial charge on any atom is -0.495 e. The van der Waals surface area contributed by atoms with Crippen molar-refractivity contribution >= 4 is 17.5 Å². The van der Waals surface area contributed by atoms with Gasteiger partial charge in [0.15, 0.2) is 5.60 Å². The first kappa shape index (κ1) is 22.5. The molecule has 2 aromatic rings. The number of rotatable bonds is 5. The Morgan fingerprint density at radius 2 is 1.97 bits per heavy atom. The van der Waals surface area contributed by atoms with E-state index in [1.165, 1.54) is 38.6 Å². The van der Waals surface area contributed by atoms with E-state index >= 15 is 0 Å². The van der Waals surface area contributed by atoms with Crippen molar-refractivity contribution in [3.05, 3.63) is 48.0 Å². The number of primary amides is 1. The van der Waals surface area contributed by atoms with Crippen molar-refractivity contribution in [2.75, 3.05) is 12.4 Å². The average molecular weight is 438 g/mol. The number of anilines is 1. The third kappa shape index (κ3) is 4.05. The number of hydrogen-bond acceptors (Lipinski definition) is 6. The molecule has 4 atom stereocenters. The van der Waals surface area contributed by atoms with E-state index in [1.807, 2.05) is 0 Å². The molecule has 0 unspecified atom stereocenters. The summed E-state index contributed by atoms with van der Waals surface area (Å²) in [6.45, 7) is 2.27. The number of pyridine rings is 2. The number of carbonyl (C=O) groups is 2. The third-order valence-electron chi connectivity index (χ3n) is 5.54. The Labute approximate surface area is 176 Å². The molecule has 3 rings (SSSR count). The van der Waals surface area contributed by atoms with E-state index in [2.05, 4.69) is 15.3 Å². The Morgan fingerprint density at radius 3 is 2.58 bits per heavy atom. The second-order valence-electron chi connectivity index (χ2n) is 7.33. The van der Waals surface area contributed by atoms with Gasteiger partial charge in [0.2, 0.25) is 0 Å². The van der Waals surface area contributed by atoms with Crippen molar-refractivity contribution < 1.29 is 32.2 Å². The van der Waals surface area contributed by atoms with Crippen LogP contribution in [0.1, 0.15) is 35.9 Å². The molecule has 0 aromatic carbocycles. The zero-order chi connectivity index (χ0) is 23.0. The number of amides is 2. The first-order valence-corrected chi connectivity index (χ1v) is 9.29. The predicted molar refractivity (Wildman–Crippen MR) is 103 cm³/mol. The highest BCUT2D eigenvalue weighted by Gasteiger charge is 2.66. The number of nitrogens with zero attached hydrogens (tertiary/aromatic N) is 2. The van der Waals surface area contributed by atoms with Gasteiger partial charge in [-0.1, -0.05) is 6.92 Å². The minimum absolute atomic E-state index is 0.110. The van der Waals surface area contributed by atoms with E-state index in [0.717, 1.165) is 6.92 Å². The number of nitrogens with two attached hydrogens (primary N) is 1. The van der Waals surface area contributed by atoms with E-state index in [4.69, 9.17) is 15.2 Å². The van der Waals surface area contributed by atoms with Crippen LogP contribution in [0.3, 0.4) is 0 Å². The standard InChI is InChI=1S/C20H21F3N4O4/c1-10-14(15-13(30-3)5-4-7-26-15)16(31-19(10,2)20(21,22)23)18(29)27-11-6-8-25-12(9-11)17(24)28/h4-10,14,16H,1-3H3,(H2,24,28)(H,25,27,29)/t10-,14-,16-,19+/m0/s1. The Balaban J connectivity index is 2.01. The van der Waals surface area contributed by atoms with Crippen LogP contribution in [0, 0.1) is 5.92 Å². The lowest BCUT2D eigenvalue weighted by molar-refractivity contribution is -0.272. The van der Waals surface area contributed by atoms with Crippen LogP contribution in [0.4, 0.5) is 18.9 Å². The first-order valence-electron chi connectivity index (χ1n) is 9.29. The molecule has 0 saturated carbocycles. The summed E-state index contributed by atoms with van der Waals surface area (Å²) in [5.74, 6) is -3.63. The number of ether oxygens (including phenoxy) is 2. The fourth-order valence-electron chi connectivity index (χ4n) is 3.65. The van der Waals surface area contributed by atoms with Crippen LogP contribution < -0.4 is 15.8 Å². The van der Waals surface area contributed by atoms with Gasteiger partial charge in [-0.2, -0.15) is 13.2 Å². The summed E-state index contributed by atoms with van der Waals surface area (Å²) in [5, 5.41) is 2.48. The van der Waals surface area contributed by atoms with E-state index < -0.39 is 41.5 Å². The second-order valence-corrected chi connectivity index (χ2v) is 7.33. The molecule has 0 spiro atoms. The number of aromatic nitrogens is 2. The topological polar surface area (TPSA) is 116 Å². The number of methoxy groups -OCH3 is 1. The summed E-state index contributed by atoms with van der Waals surface area (Å²) in [7, 11) is 1.36. The number of alkyl halides is 3. The molecule has 2 amide bonds. The zero-order valence-electron chi connectivity index (χ0n) is 16.9. The summed E-state index contributed by atoms with van der Waals surface area (Å²) >= 11 is 0. The lowest BCUT2D eigenvalue weighted by Crippen LogP contribution is -2.47. The Bertz CT molecular complexity index is 1000. The third-order valence-corrected chi connectivity index (χ3v) is 5.54. The van der Waals surface area contributed by atoms with E-state index in [9.17, 15) is 22.8 Å². The lowest BCUT2D eigenvalue weighted by atomic mass is 9.78. The lowest BCUT2D eigenvalue weighted by Gasteiger charge is -2.31. The molecule has 1 fully saturated rings. The Morgan fingerprint density at radius 1 is 1.26 bits per heavy atom. The maximum atomic E-state index is 13.9. The summed E-state index contributed by atoms with van der Waals surface area (Å²) in [4.78, 5) is 32.3. The van der Waals surface area contributed by atoms with E-state index in [-0.39, 0.29) is 22.8 Å². The fourth-order valence-corrected chi connectivity index (χ4v) is 3.65. The van der Waals surface area contributed by atoms with Gasteiger partial charge < -0.3 is 20.5 Å². The molecule has 2 aromatic heterocycles. The highest BCUT2D eigenvalue weighted by atomic mass is 19.4. The molecule has 1 saturated heterocycles. The normalized spacial score (nSPS) is 25.8. The van der Waals surface area contributed by atoms with Gasteiger partial charge in [-0.3, -0.25) is 19.6 Å². The molecule has 166 valence electrons. The van der Waals surface area contributed by atoms with Crippen molar-refractivity contribution in [2.24, 2.45) is 11.7 Å². The number of halogens is 3. The molecule has 3 N–H and O–H groups in total. The van der Waals surface area contributed by atoms with Crippen molar-refractivity contribution in [1.29, 1.82) is 0 Å². The molecule has 1 aliphatic rings. The molecule has 0 bridgehead atoms. The summed E-state index contributed by atoms with van der Waals surface area (Å²) in [5.41, 5.74) is 2.79. The molecule has 1 aliphatic heterocycles. The highest BCUT2D eigenvalue weighted by molar-refractivity contribution is 5.97. The monoisotopic (exact) mass is 438 g/mol. The van der Waals surface area contributed by atoms with Gasteiger partial charge in [-0.05, 0) is 31.2 Å². The first-order chi connectivity index (χ1) is 14.5. The van der Waals surface area contributed by atoms with Gasteiger partial charge in [0.1, 0.15) is 17.5 Å². The predicted octanol–water partition coefficient (Wildman–Crippen LogP) is 2.66. The molecule has 11 heteroatoms. The zero-order valence-corrected chi connectivity index (χ0v) is 16.9. The van der Waals surface area contributed by atoms with Crippen LogP contribution in [0.2, 0.25) is 0 Å². The SMILES string of the molecule is COc1cccnc1[C@H]1[C@@H](C(=O)Nc2ccnc(C(N)=O)c2)O[C@@](C)(C(F)(F)F)[C@H]1C. The van der Waals surface area contributed by atoms with Gasteiger partial charge in [-0.25, -0.2) is 0 Å². The molecule has 3 heterocycles. The van der Waals surface area contributed by atoms with Crippen LogP contribution in [0.15, 0.2) is 36.7 Å². The number of hydrogen-bond donors (Lipinski definition) is 2. The van der Waals surface area contributed by atoms with Gasteiger partial charge in [-0.15, -0.1) is 0 Å². The summed E-state index contributed by atoms with van der Waals surface area (Å²) in [6.07, 6.45) is -3.62. The van der Waals surface area contributed by atoms with E-state index in [1.54, 1.807) is 12.1 Å². The van der Waals surface area contributed by atoms with Crippen LogP contribution in [0.25, 0.3) is 0 Å². The van der Waals surface area contributed by atoms with E-state index in [0.29, 0.717) is 0 Å². The average Bonchev–Trinajstić information content (AvgIpc) is 3.00. The quantitative estimate of drug-likeness (QED) is 0.742. The summed E-state index contributed by atoms with van der Waals surface area (Å²) in [6, 6.07) is 5.72. The summed E-state index contributed by atoms with van der Waals surface area (Å²) < 4.78 is 52.3. The van der Waals surface area contributed by atoms with Crippen LogP contribution in [-0.4, -0.2) is 46.8 Å². The van der Waals surface area contributed by atoms with Crippen molar-refractivity contribution in [3.8, 4) is 5.75 Å². The molecule has 0 aliphatic carbocycles. The Hall–Kier alpha value is -3.21. The fraction of sp³-hybridized carbons (Fsp3) is 0.400. The molecule has 31 heavy (non-hydrogen) atoms. The largest absolute Gasteiger partial charge is 0.495 e. The van der Waals surface area contributed by atoms with Crippen molar-refractivity contribution in [3.63, 3.8) is 0 Å². The van der Waals surface area contributed by atoms with Crippen molar-refractivity contribution in [1.82, 2.24) is 9.97 Å². The van der Waals surface area contributed by atoms with Crippen LogP contribution >= 0.6 is 0 Å². The molecule has 0 radical (unpaired) electrons. The Kier molecular flexibility index (Phi) is 5.90. The molecule has 8 nitrogen and oxygen atoms in total. The van der Waals surface area contributed by atoms with Crippen LogP contribution in [0.5, 0.6) is 5.75 Å². The molecular weight excluding hydrogens is 417 g/mol. The van der Waals surface area contributed by atoms with Gasteiger partial charge in [0.25, 0.3) is 11.8 Å². The maximum Gasteiger partial charge on any atom is 0.417 e. The second kappa shape index (κ2) is 8.14. The van der Waals surface area contributed by atoms with Gasteiger partial charge in [0.05, 0.1) is 12.8 Å². The van der Waals surface area contributed by atoms with Crippen molar-refractivity contribution in [2.45, 2.75) is 37.6 Å². The maximum absolute atomic E-state index is 13.9. The smallest absolute Gasteiger partial charge is 0.417 e. The minimum atomic E-state index is -4.74. The molecular formula is C20H21F3N4O4. The van der Waals surface area contributed by atoms with Crippen LogP contribution in [-0.2, 0) is 9.53 Å². The van der Waals surface area contributed by atoms with Gasteiger partial charge in [0, 0.05) is 29.9 Å². The number of nitrogens with one attached hydrogen (secondary N) is 1.